The van der Waals surface area contributed by atoms with E-state index in [-0.39, 0.29) is 23.1 Å². The molecule has 0 saturated carbocycles. The van der Waals surface area contributed by atoms with Crippen LogP contribution < -0.4 is 5.32 Å². The van der Waals surface area contributed by atoms with Gasteiger partial charge in [0.2, 0.25) is 5.91 Å². The zero-order chi connectivity index (χ0) is 23.1. The van der Waals surface area contributed by atoms with Crippen LogP contribution in [0.25, 0.3) is 10.9 Å². The lowest BCUT2D eigenvalue weighted by Gasteiger charge is -2.21. The minimum Gasteiger partial charge on any atom is -0.506 e. The van der Waals surface area contributed by atoms with Crippen molar-refractivity contribution < 1.29 is 24.6 Å². The molecule has 7 nitrogen and oxygen atoms in total. The summed E-state index contributed by atoms with van der Waals surface area (Å²) in [6, 6.07) is 9.26. The molecule has 9 heteroatoms. The number of benzene rings is 2. The standard InChI is InChI=1S/C22H20Cl2N2O5/c1-11-14(10-17(28)25-22(2,3)21(30)31)18-15(8-9-16(27)19(18)24)26(11)20(29)12-4-6-13(23)7-5-12/h4-9,27H,10H2,1-3H3,(H,25,28)(H,30,31). The van der Waals surface area contributed by atoms with E-state index in [2.05, 4.69) is 5.32 Å². The predicted molar refractivity (Wildman–Crippen MR) is 118 cm³/mol. The number of aromatic nitrogens is 1. The van der Waals surface area contributed by atoms with Gasteiger partial charge in [0, 0.05) is 21.7 Å². The fraction of sp³-hybridized carbons (Fsp3) is 0.227. The first-order chi connectivity index (χ1) is 14.4. The zero-order valence-electron chi connectivity index (χ0n) is 17.0. The molecule has 0 aliphatic rings. The molecule has 0 unspecified atom stereocenters. The van der Waals surface area contributed by atoms with Crippen LogP contribution in [-0.2, 0) is 16.0 Å². The van der Waals surface area contributed by atoms with Crippen molar-refractivity contribution in [3.8, 4) is 5.75 Å². The molecule has 1 amide bonds. The summed E-state index contributed by atoms with van der Waals surface area (Å²) in [7, 11) is 0. The van der Waals surface area contributed by atoms with Gasteiger partial charge in [-0.2, -0.15) is 0 Å². The lowest BCUT2D eigenvalue weighted by molar-refractivity contribution is -0.145. The van der Waals surface area contributed by atoms with Crippen LogP contribution in [0.4, 0.5) is 0 Å². The van der Waals surface area contributed by atoms with Crippen molar-refractivity contribution in [2.75, 3.05) is 0 Å². The van der Waals surface area contributed by atoms with Crippen molar-refractivity contribution in [2.45, 2.75) is 32.7 Å². The number of nitrogens with one attached hydrogen (secondary N) is 1. The van der Waals surface area contributed by atoms with Gasteiger partial charge >= 0.3 is 5.97 Å². The molecule has 162 valence electrons. The Morgan fingerprint density at radius 1 is 1.06 bits per heavy atom. The smallest absolute Gasteiger partial charge is 0.328 e. The summed E-state index contributed by atoms with van der Waals surface area (Å²) in [4.78, 5) is 37.2. The highest BCUT2D eigenvalue weighted by Gasteiger charge is 2.30. The SMILES string of the molecule is Cc1c(CC(=O)NC(C)(C)C(=O)O)c2c(Cl)c(O)ccc2n1C(=O)c1ccc(Cl)cc1. The van der Waals surface area contributed by atoms with E-state index in [4.69, 9.17) is 23.2 Å². The van der Waals surface area contributed by atoms with Gasteiger partial charge in [0.15, 0.2) is 0 Å². The molecule has 0 aliphatic heterocycles. The summed E-state index contributed by atoms with van der Waals surface area (Å²) in [6.07, 6.45) is -0.233. The van der Waals surface area contributed by atoms with Crippen molar-refractivity contribution in [3.05, 3.63) is 63.3 Å². The molecule has 3 N–H and O–H groups in total. The van der Waals surface area contributed by atoms with Gasteiger partial charge in [-0.3, -0.25) is 14.2 Å². The van der Waals surface area contributed by atoms with Crippen molar-refractivity contribution >= 4 is 51.9 Å². The number of phenols is 1. The number of aromatic hydroxyl groups is 1. The molecule has 0 bridgehead atoms. The quantitative estimate of drug-likeness (QED) is 0.526. The third-order valence-electron chi connectivity index (χ3n) is 5.03. The molecule has 1 aromatic heterocycles. The summed E-state index contributed by atoms with van der Waals surface area (Å²) in [5, 5.41) is 22.7. The molecule has 0 spiro atoms. The second-order valence-electron chi connectivity index (χ2n) is 7.66. The number of fused-ring (bicyclic) bond motifs is 1. The molecule has 0 fully saturated rings. The highest BCUT2D eigenvalue weighted by atomic mass is 35.5. The van der Waals surface area contributed by atoms with Gasteiger partial charge in [-0.15, -0.1) is 0 Å². The van der Waals surface area contributed by atoms with E-state index < -0.39 is 17.4 Å². The first-order valence-corrected chi connectivity index (χ1v) is 10.1. The third-order valence-corrected chi connectivity index (χ3v) is 5.67. The zero-order valence-corrected chi connectivity index (χ0v) is 18.5. The molecule has 3 rings (SSSR count). The van der Waals surface area contributed by atoms with Gasteiger partial charge in [0.05, 0.1) is 17.0 Å². The van der Waals surface area contributed by atoms with Crippen LogP contribution in [0, 0.1) is 6.92 Å². The van der Waals surface area contributed by atoms with Gasteiger partial charge in [0.1, 0.15) is 11.3 Å². The Hall–Kier alpha value is -3.03. The van der Waals surface area contributed by atoms with Crippen LogP contribution in [0.15, 0.2) is 36.4 Å². The van der Waals surface area contributed by atoms with E-state index in [9.17, 15) is 24.6 Å². The van der Waals surface area contributed by atoms with Gasteiger partial charge in [0.25, 0.3) is 5.91 Å². The number of hydrogen-bond donors (Lipinski definition) is 3. The lowest BCUT2D eigenvalue weighted by atomic mass is 10.0. The molecule has 31 heavy (non-hydrogen) atoms. The average molecular weight is 463 g/mol. The van der Waals surface area contributed by atoms with E-state index in [1.54, 1.807) is 37.3 Å². The lowest BCUT2D eigenvalue weighted by Crippen LogP contribution is -2.50. The summed E-state index contributed by atoms with van der Waals surface area (Å²) in [5.74, 6) is -2.31. The number of halogens is 2. The number of nitrogens with zero attached hydrogens (tertiary/aromatic N) is 1. The minimum absolute atomic E-state index is 0.00329. The van der Waals surface area contributed by atoms with E-state index in [0.717, 1.165) is 0 Å². The van der Waals surface area contributed by atoms with Crippen LogP contribution in [-0.4, -0.2) is 38.1 Å². The van der Waals surface area contributed by atoms with Crippen LogP contribution >= 0.6 is 23.2 Å². The Morgan fingerprint density at radius 3 is 2.26 bits per heavy atom. The molecular weight excluding hydrogens is 443 g/mol. The first-order valence-electron chi connectivity index (χ1n) is 9.30. The molecule has 0 atom stereocenters. The monoisotopic (exact) mass is 462 g/mol. The van der Waals surface area contributed by atoms with Crippen molar-refractivity contribution in [3.63, 3.8) is 0 Å². The second-order valence-corrected chi connectivity index (χ2v) is 8.47. The first kappa shape index (κ1) is 22.7. The number of phenolic OH excluding ortho intramolecular Hbond substituents is 1. The summed E-state index contributed by atoms with van der Waals surface area (Å²) < 4.78 is 1.41. The number of carbonyl (C=O) groups is 3. The molecular formula is C22H20Cl2N2O5. The number of carboxylic acid groups (broad SMARTS) is 1. The number of aliphatic carboxylic acids is 1. The minimum atomic E-state index is -1.48. The van der Waals surface area contributed by atoms with Crippen LogP contribution in [0.5, 0.6) is 5.75 Å². The Labute approximate surface area is 188 Å². The van der Waals surface area contributed by atoms with E-state index in [1.165, 1.54) is 24.5 Å². The van der Waals surface area contributed by atoms with E-state index in [1.807, 2.05) is 0 Å². The summed E-state index contributed by atoms with van der Waals surface area (Å²) in [6.45, 7) is 4.39. The Balaban J connectivity index is 2.14. The molecule has 0 saturated heterocycles. The number of carboxylic acids is 1. The molecule has 0 radical (unpaired) electrons. The van der Waals surface area contributed by atoms with E-state index >= 15 is 0 Å². The molecule has 2 aromatic carbocycles. The maximum atomic E-state index is 13.2. The maximum absolute atomic E-state index is 13.2. The Bertz CT molecular complexity index is 1210. The molecule has 1 heterocycles. The number of carbonyl (C=O) groups excluding carboxylic acids is 2. The maximum Gasteiger partial charge on any atom is 0.328 e. The molecule has 3 aromatic rings. The third kappa shape index (κ3) is 4.24. The number of rotatable bonds is 5. The largest absolute Gasteiger partial charge is 0.506 e. The van der Waals surface area contributed by atoms with Crippen LogP contribution in [0.3, 0.4) is 0 Å². The fourth-order valence-electron chi connectivity index (χ4n) is 3.33. The number of amides is 1. The van der Waals surface area contributed by atoms with Crippen molar-refractivity contribution in [2.24, 2.45) is 0 Å². The van der Waals surface area contributed by atoms with E-state index in [0.29, 0.717) is 32.7 Å². The fourth-order valence-corrected chi connectivity index (χ4v) is 3.73. The predicted octanol–water partition coefficient (Wildman–Crippen LogP) is 4.17. The highest BCUT2D eigenvalue weighted by Crippen LogP contribution is 2.38. The Morgan fingerprint density at radius 2 is 1.68 bits per heavy atom. The van der Waals surface area contributed by atoms with Crippen LogP contribution in [0.1, 0.15) is 35.5 Å². The van der Waals surface area contributed by atoms with Gasteiger partial charge in [-0.1, -0.05) is 23.2 Å². The Kier molecular flexibility index (Phi) is 6.02. The summed E-state index contributed by atoms with van der Waals surface area (Å²) in [5.41, 5.74) is 0.175. The average Bonchev–Trinajstić information content (AvgIpc) is 2.96. The summed E-state index contributed by atoms with van der Waals surface area (Å²) >= 11 is 12.3. The number of hydrogen-bond acceptors (Lipinski definition) is 4. The normalized spacial score (nSPS) is 11.5. The topological polar surface area (TPSA) is 109 Å². The van der Waals surface area contributed by atoms with Crippen molar-refractivity contribution in [1.82, 2.24) is 9.88 Å². The van der Waals surface area contributed by atoms with Gasteiger partial charge in [-0.05, 0) is 62.7 Å². The van der Waals surface area contributed by atoms with Crippen LogP contribution in [0.2, 0.25) is 10.0 Å². The van der Waals surface area contributed by atoms with Crippen molar-refractivity contribution in [1.29, 1.82) is 0 Å². The highest BCUT2D eigenvalue weighted by molar-refractivity contribution is 6.37. The van der Waals surface area contributed by atoms with Gasteiger partial charge < -0.3 is 15.5 Å². The van der Waals surface area contributed by atoms with Gasteiger partial charge in [-0.25, -0.2) is 4.79 Å². The second kappa shape index (κ2) is 8.24. The molecule has 0 aliphatic carbocycles.